The summed E-state index contributed by atoms with van der Waals surface area (Å²) >= 11 is 5.94. The molecule has 0 aliphatic rings. The molecule has 1 aromatic rings. The molecule has 106 valence electrons. The van der Waals surface area contributed by atoms with Gasteiger partial charge in [-0.25, -0.2) is 0 Å². The van der Waals surface area contributed by atoms with Crippen LogP contribution in [0.5, 0.6) is 0 Å². The summed E-state index contributed by atoms with van der Waals surface area (Å²) in [5.41, 5.74) is 2.22. The van der Waals surface area contributed by atoms with Crippen LogP contribution in [-0.2, 0) is 11.4 Å². The van der Waals surface area contributed by atoms with Gasteiger partial charge in [-0.1, -0.05) is 63.0 Å². The first-order chi connectivity index (χ1) is 8.93. The molecule has 2 nitrogen and oxygen atoms in total. The molecule has 0 aliphatic carbocycles. The number of unbranched alkanes of at least 4 members (excludes halogenated alkanes) is 1. The summed E-state index contributed by atoms with van der Waals surface area (Å²) in [6, 6.07) is 7.67. The minimum absolute atomic E-state index is 0.0590. The highest BCUT2D eigenvalue weighted by Gasteiger charge is 2.19. The second-order valence-electron chi connectivity index (χ2n) is 5.79. The smallest absolute Gasteiger partial charge is 0.142 e. The van der Waals surface area contributed by atoms with E-state index in [9.17, 15) is 0 Å². The molecule has 19 heavy (non-hydrogen) atoms. The molecule has 3 heteroatoms. The van der Waals surface area contributed by atoms with E-state index >= 15 is 0 Å². The molecule has 0 N–H and O–H groups in total. The largest absolute Gasteiger partial charge is 0.391 e. The fraction of sp³-hybridized carbons (Fsp3) is 0.562. The maximum absolute atomic E-state index is 5.94. The maximum atomic E-state index is 5.94. The minimum Gasteiger partial charge on any atom is -0.391 e. The predicted molar refractivity (Wildman–Crippen MR) is 82.7 cm³/mol. The number of benzene rings is 1. The standard InChI is InChI=1S/C16H24ClNO/c1-5-6-10-15(16(2,3)4)18-19-12-13-8-7-9-14(17)11-13/h7-9,11H,5-6,10,12H2,1-4H3/b18-15+. The lowest BCUT2D eigenvalue weighted by molar-refractivity contribution is 0.127. The van der Waals surface area contributed by atoms with Gasteiger partial charge in [0.25, 0.3) is 0 Å². The summed E-state index contributed by atoms with van der Waals surface area (Å²) in [5.74, 6) is 0. The lowest BCUT2D eigenvalue weighted by atomic mass is 9.87. The van der Waals surface area contributed by atoms with Gasteiger partial charge in [-0.15, -0.1) is 0 Å². The van der Waals surface area contributed by atoms with Crippen molar-refractivity contribution in [3.05, 3.63) is 34.9 Å². The number of nitrogens with zero attached hydrogens (tertiary/aromatic N) is 1. The first-order valence-corrected chi connectivity index (χ1v) is 7.25. The van der Waals surface area contributed by atoms with Crippen LogP contribution in [0.3, 0.4) is 0 Å². The number of hydrogen-bond donors (Lipinski definition) is 0. The van der Waals surface area contributed by atoms with Gasteiger partial charge in [0.15, 0.2) is 0 Å². The third kappa shape index (κ3) is 6.11. The Hall–Kier alpha value is -1.02. The quantitative estimate of drug-likeness (QED) is 0.502. The number of oxime groups is 1. The topological polar surface area (TPSA) is 21.6 Å². The Bertz CT molecular complexity index is 421. The Morgan fingerprint density at radius 2 is 2.05 bits per heavy atom. The van der Waals surface area contributed by atoms with Crippen molar-refractivity contribution in [1.29, 1.82) is 0 Å². The fourth-order valence-electron chi connectivity index (χ4n) is 1.71. The van der Waals surface area contributed by atoms with Gasteiger partial charge in [0.05, 0.1) is 5.71 Å². The predicted octanol–water partition coefficient (Wildman–Crippen LogP) is 5.45. The molecule has 0 fully saturated rings. The fourth-order valence-corrected chi connectivity index (χ4v) is 1.93. The highest BCUT2D eigenvalue weighted by molar-refractivity contribution is 6.30. The second kappa shape index (κ2) is 7.54. The Kier molecular flexibility index (Phi) is 6.36. The zero-order valence-corrected chi connectivity index (χ0v) is 13.1. The van der Waals surface area contributed by atoms with E-state index in [0.29, 0.717) is 6.61 Å². The summed E-state index contributed by atoms with van der Waals surface area (Å²) in [7, 11) is 0. The van der Waals surface area contributed by atoms with Crippen LogP contribution in [0.2, 0.25) is 5.02 Å². The van der Waals surface area contributed by atoms with Gasteiger partial charge in [-0.05, 0) is 30.5 Å². The lowest BCUT2D eigenvalue weighted by Gasteiger charge is -2.20. The van der Waals surface area contributed by atoms with Gasteiger partial charge in [-0.2, -0.15) is 0 Å². The minimum atomic E-state index is 0.0590. The average Bonchev–Trinajstić information content (AvgIpc) is 2.32. The number of hydrogen-bond acceptors (Lipinski definition) is 2. The van der Waals surface area contributed by atoms with E-state index in [1.165, 1.54) is 6.42 Å². The zero-order chi connectivity index (χ0) is 14.3. The highest BCUT2D eigenvalue weighted by atomic mass is 35.5. The van der Waals surface area contributed by atoms with Crippen molar-refractivity contribution in [2.45, 2.75) is 53.6 Å². The normalized spacial score (nSPS) is 12.6. The monoisotopic (exact) mass is 281 g/mol. The van der Waals surface area contributed by atoms with Crippen LogP contribution in [0.1, 0.15) is 52.5 Å². The van der Waals surface area contributed by atoms with Crippen LogP contribution >= 0.6 is 11.6 Å². The zero-order valence-electron chi connectivity index (χ0n) is 12.4. The molecule has 0 spiro atoms. The van der Waals surface area contributed by atoms with Crippen LogP contribution in [0.4, 0.5) is 0 Å². The molecule has 0 atom stereocenters. The van der Waals surface area contributed by atoms with Crippen LogP contribution in [0.15, 0.2) is 29.4 Å². The Morgan fingerprint density at radius 3 is 2.63 bits per heavy atom. The van der Waals surface area contributed by atoms with Crippen molar-refractivity contribution < 1.29 is 4.84 Å². The van der Waals surface area contributed by atoms with E-state index in [4.69, 9.17) is 16.4 Å². The SMILES string of the molecule is CCCC/C(=N\OCc1cccc(Cl)c1)C(C)(C)C. The van der Waals surface area contributed by atoms with Crippen molar-refractivity contribution in [3.8, 4) is 0 Å². The molecule has 0 aliphatic heterocycles. The Labute approximate surface area is 121 Å². The van der Waals surface area contributed by atoms with Gasteiger partial charge in [0.2, 0.25) is 0 Å². The van der Waals surface area contributed by atoms with E-state index in [1.807, 2.05) is 24.3 Å². The maximum Gasteiger partial charge on any atom is 0.142 e. The summed E-state index contributed by atoms with van der Waals surface area (Å²) in [6.07, 6.45) is 3.32. The van der Waals surface area contributed by atoms with Gasteiger partial charge in [-0.3, -0.25) is 0 Å². The first-order valence-electron chi connectivity index (χ1n) is 6.87. The molecule has 0 amide bonds. The molecule has 0 aromatic heterocycles. The van der Waals surface area contributed by atoms with Crippen molar-refractivity contribution in [2.24, 2.45) is 10.6 Å². The summed E-state index contributed by atoms with van der Waals surface area (Å²) in [4.78, 5) is 5.49. The third-order valence-electron chi connectivity index (χ3n) is 2.93. The van der Waals surface area contributed by atoms with Crippen molar-refractivity contribution in [2.75, 3.05) is 0 Å². The Morgan fingerprint density at radius 1 is 1.32 bits per heavy atom. The molecule has 0 radical (unpaired) electrons. The van der Waals surface area contributed by atoms with Crippen LogP contribution in [-0.4, -0.2) is 5.71 Å². The van der Waals surface area contributed by atoms with Gasteiger partial charge >= 0.3 is 0 Å². The number of rotatable bonds is 6. The molecule has 0 heterocycles. The Balaban J connectivity index is 2.60. The summed E-state index contributed by atoms with van der Waals surface area (Å²) in [6.45, 7) is 9.16. The molecule has 0 bridgehead atoms. The van der Waals surface area contributed by atoms with Crippen molar-refractivity contribution in [3.63, 3.8) is 0 Å². The molecule has 0 saturated carbocycles. The van der Waals surface area contributed by atoms with Crippen LogP contribution in [0, 0.1) is 5.41 Å². The van der Waals surface area contributed by atoms with E-state index < -0.39 is 0 Å². The summed E-state index contributed by atoms with van der Waals surface area (Å²) in [5, 5.41) is 5.06. The molecular formula is C16H24ClNO. The summed E-state index contributed by atoms with van der Waals surface area (Å²) < 4.78 is 0. The van der Waals surface area contributed by atoms with Crippen molar-refractivity contribution in [1.82, 2.24) is 0 Å². The van der Waals surface area contributed by atoms with E-state index in [1.54, 1.807) is 0 Å². The molecule has 0 saturated heterocycles. The second-order valence-corrected chi connectivity index (χ2v) is 6.23. The van der Waals surface area contributed by atoms with E-state index in [0.717, 1.165) is 29.1 Å². The van der Waals surface area contributed by atoms with Crippen LogP contribution < -0.4 is 0 Å². The van der Waals surface area contributed by atoms with Gasteiger partial charge in [0, 0.05) is 10.4 Å². The average molecular weight is 282 g/mol. The molecule has 0 unspecified atom stereocenters. The van der Waals surface area contributed by atoms with Crippen LogP contribution in [0.25, 0.3) is 0 Å². The third-order valence-corrected chi connectivity index (χ3v) is 3.16. The lowest BCUT2D eigenvalue weighted by Crippen LogP contribution is -2.20. The van der Waals surface area contributed by atoms with Crippen molar-refractivity contribution >= 4 is 17.3 Å². The first kappa shape index (κ1) is 16.0. The molecule has 1 rings (SSSR count). The molecular weight excluding hydrogens is 258 g/mol. The van der Waals surface area contributed by atoms with E-state index in [-0.39, 0.29) is 5.41 Å². The number of halogens is 1. The highest BCUT2D eigenvalue weighted by Crippen LogP contribution is 2.21. The van der Waals surface area contributed by atoms with Gasteiger partial charge in [0.1, 0.15) is 6.61 Å². The van der Waals surface area contributed by atoms with E-state index in [2.05, 4.69) is 32.9 Å². The molecule has 1 aromatic carbocycles. The van der Waals surface area contributed by atoms with Gasteiger partial charge < -0.3 is 4.84 Å².